The minimum atomic E-state index is 0.536. The lowest BCUT2D eigenvalue weighted by atomic mass is 10.0. The summed E-state index contributed by atoms with van der Waals surface area (Å²) < 4.78 is 0. The van der Waals surface area contributed by atoms with Crippen molar-refractivity contribution in [1.29, 1.82) is 5.26 Å². The Morgan fingerprint density at radius 3 is 2.81 bits per heavy atom. The van der Waals surface area contributed by atoms with E-state index in [0.29, 0.717) is 12.0 Å². The summed E-state index contributed by atoms with van der Waals surface area (Å²) in [4.78, 5) is 0. The highest BCUT2D eigenvalue weighted by Gasteiger charge is 2.23. The summed E-state index contributed by atoms with van der Waals surface area (Å²) in [5, 5.41) is 12.6. The topological polar surface area (TPSA) is 35.8 Å². The number of benzene rings is 1. The van der Waals surface area contributed by atoms with Gasteiger partial charge in [-0.1, -0.05) is 19.4 Å². The van der Waals surface area contributed by atoms with Crippen LogP contribution in [0.15, 0.2) is 18.2 Å². The molecule has 0 bridgehead atoms. The van der Waals surface area contributed by atoms with Crippen molar-refractivity contribution in [3.05, 3.63) is 29.3 Å². The first-order chi connectivity index (χ1) is 7.70. The van der Waals surface area contributed by atoms with Crippen LogP contribution >= 0.6 is 0 Å². The smallest absolute Gasteiger partial charge is 0.101 e. The predicted octanol–water partition coefficient (Wildman–Crippen LogP) is 3.47. The van der Waals surface area contributed by atoms with Crippen LogP contribution in [0.5, 0.6) is 0 Å². The molecule has 1 aliphatic rings. The van der Waals surface area contributed by atoms with Gasteiger partial charge >= 0.3 is 0 Å². The lowest BCUT2D eigenvalue weighted by molar-refractivity contribution is 0.556. The first-order valence-corrected chi connectivity index (χ1v) is 5.98. The van der Waals surface area contributed by atoms with E-state index in [1.165, 1.54) is 24.8 Å². The fourth-order valence-electron chi connectivity index (χ4n) is 2.43. The number of hydrogen-bond acceptors (Lipinski definition) is 2. The van der Waals surface area contributed by atoms with Gasteiger partial charge < -0.3 is 5.32 Å². The molecule has 1 fully saturated rings. The number of anilines is 1. The van der Waals surface area contributed by atoms with Crippen molar-refractivity contribution in [1.82, 2.24) is 0 Å². The molecule has 1 N–H and O–H groups in total. The molecular formula is C14H18N2. The van der Waals surface area contributed by atoms with Crippen molar-refractivity contribution in [3.8, 4) is 6.07 Å². The molecule has 84 valence electrons. The number of nitrogens with one attached hydrogen (secondary N) is 1. The third-order valence-corrected chi connectivity index (χ3v) is 3.50. The molecule has 0 spiro atoms. The summed E-state index contributed by atoms with van der Waals surface area (Å²) in [5.41, 5.74) is 2.96. The number of rotatable bonds is 2. The van der Waals surface area contributed by atoms with Crippen molar-refractivity contribution in [3.63, 3.8) is 0 Å². The fourth-order valence-corrected chi connectivity index (χ4v) is 2.43. The van der Waals surface area contributed by atoms with Crippen LogP contribution in [0.25, 0.3) is 0 Å². The molecule has 0 saturated heterocycles. The van der Waals surface area contributed by atoms with Gasteiger partial charge in [-0.15, -0.1) is 0 Å². The van der Waals surface area contributed by atoms with Crippen LogP contribution in [-0.2, 0) is 0 Å². The molecule has 0 aliphatic heterocycles. The van der Waals surface area contributed by atoms with Crippen molar-refractivity contribution < 1.29 is 0 Å². The quantitative estimate of drug-likeness (QED) is 0.818. The highest BCUT2D eigenvalue weighted by molar-refractivity contribution is 5.59. The van der Waals surface area contributed by atoms with Crippen LogP contribution in [0.4, 0.5) is 5.69 Å². The van der Waals surface area contributed by atoms with Gasteiger partial charge in [0.05, 0.1) is 11.3 Å². The van der Waals surface area contributed by atoms with Gasteiger partial charge in [0.25, 0.3) is 0 Å². The molecule has 0 aromatic heterocycles. The number of hydrogen-bond donors (Lipinski definition) is 1. The monoisotopic (exact) mass is 214 g/mol. The van der Waals surface area contributed by atoms with E-state index in [9.17, 15) is 0 Å². The molecule has 0 radical (unpaired) electrons. The maximum Gasteiger partial charge on any atom is 0.101 e. The zero-order valence-corrected chi connectivity index (χ0v) is 9.96. The molecule has 1 aromatic rings. The van der Waals surface area contributed by atoms with Crippen molar-refractivity contribution in [2.75, 3.05) is 5.32 Å². The molecule has 1 saturated carbocycles. The molecule has 1 aromatic carbocycles. The van der Waals surface area contributed by atoms with E-state index in [-0.39, 0.29) is 0 Å². The Labute approximate surface area is 97.3 Å². The van der Waals surface area contributed by atoms with Gasteiger partial charge in [-0.25, -0.2) is 0 Å². The molecule has 2 heteroatoms. The Kier molecular flexibility index (Phi) is 3.14. The van der Waals surface area contributed by atoms with Crippen LogP contribution in [0.1, 0.15) is 37.3 Å². The van der Waals surface area contributed by atoms with Crippen molar-refractivity contribution in [2.45, 2.75) is 39.2 Å². The zero-order chi connectivity index (χ0) is 11.5. The Hall–Kier alpha value is -1.49. The molecule has 16 heavy (non-hydrogen) atoms. The Morgan fingerprint density at radius 2 is 2.19 bits per heavy atom. The predicted molar refractivity (Wildman–Crippen MR) is 66.3 cm³/mol. The van der Waals surface area contributed by atoms with E-state index in [1.807, 2.05) is 12.1 Å². The van der Waals surface area contributed by atoms with Crippen LogP contribution in [0, 0.1) is 24.2 Å². The highest BCUT2D eigenvalue weighted by atomic mass is 14.9. The zero-order valence-electron chi connectivity index (χ0n) is 9.96. The number of nitrogens with zero attached hydrogens (tertiary/aromatic N) is 1. The minimum absolute atomic E-state index is 0.536. The molecule has 0 amide bonds. The Balaban J connectivity index is 2.20. The number of aryl methyl sites for hydroxylation is 1. The van der Waals surface area contributed by atoms with Gasteiger partial charge in [0.2, 0.25) is 0 Å². The van der Waals surface area contributed by atoms with Gasteiger partial charge in [0.1, 0.15) is 6.07 Å². The van der Waals surface area contributed by atoms with E-state index >= 15 is 0 Å². The first-order valence-electron chi connectivity index (χ1n) is 5.98. The first kappa shape index (κ1) is 11.0. The lowest BCUT2D eigenvalue weighted by Crippen LogP contribution is -2.22. The van der Waals surface area contributed by atoms with Gasteiger partial charge in [-0.2, -0.15) is 5.26 Å². The van der Waals surface area contributed by atoms with Gasteiger partial charge in [-0.05, 0) is 43.4 Å². The van der Waals surface area contributed by atoms with E-state index < -0.39 is 0 Å². The average Bonchev–Trinajstić information content (AvgIpc) is 2.65. The molecular weight excluding hydrogens is 196 g/mol. The second kappa shape index (κ2) is 4.57. The van der Waals surface area contributed by atoms with Gasteiger partial charge in [0, 0.05) is 6.04 Å². The van der Waals surface area contributed by atoms with Crippen molar-refractivity contribution in [2.24, 2.45) is 5.92 Å². The van der Waals surface area contributed by atoms with E-state index in [0.717, 1.165) is 11.3 Å². The third-order valence-electron chi connectivity index (χ3n) is 3.50. The SMILES string of the molecule is Cc1ccc(C#N)c(NC2CCCC2C)c1. The van der Waals surface area contributed by atoms with E-state index in [1.54, 1.807) is 0 Å². The van der Waals surface area contributed by atoms with Crippen molar-refractivity contribution >= 4 is 5.69 Å². The standard InChI is InChI=1S/C14H18N2/c1-10-6-7-12(9-15)14(8-10)16-13-5-3-4-11(13)2/h6-8,11,13,16H,3-5H2,1-2H3. The summed E-state index contributed by atoms with van der Waals surface area (Å²) >= 11 is 0. The second-order valence-corrected chi connectivity index (χ2v) is 4.82. The maximum atomic E-state index is 9.06. The molecule has 2 unspecified atom stereocenters. The summed E-state index contributed by atoms with van der Waals surface area (Å²) in [5.74, 6) is 0.715. The van der Waals surface area contributed by atoms with E-state index in [2.05, 4.69) is 31.3 Å². The maximum absolute atomic E-state index is 9.06. The summed E-state index contributed by atoms with van der Waals surface area (Å²) in [6, 6.07) is 8.75. The van der Waals surface area contributed by atoms with Crippen LogP contribution < -0.4 is 5.32 Å². The number of nitriles is 1. The van der Waals surface area contributed by atoms with Crippen LogP contribution in [0.2, 0.25) is 0 Å². The van der Waals surface area contributed by atoms with Gasteiger partial charge in [0.15, 0.2) is 0 Å². The Bertz CT molecular complexity index is 417. The molecule has 2 nitrogen and oxygen atoms in total. The minimum Gasteiger partial charge on any atom is -0.381 e. The Morgan fingerprint density at radius 1 is 1.38 bits per heavy atom. The summed E-state index contributed by atoms with van der Waals surface area (Å²) in [6.45, 7) is 4.34. The third kappa shape index (κ3) is 2.19. The van der Waals surface area contributed by atoms with Gasteiger partial charge in [-0.3, -0.25) is 0 Å². The van der Waals surface area contributed by atoms with Crippen LogP contribution in [0.3, 0.4) is 0 Å². The fraction of sp³-hybridized carbons (Fsp3) is 0.500. The summed E-state index contributed by atoms with van der Waals surface area (Å²) in [7, 11) is 0. The molecule has 1 aliphatic carbocycles. The van der Waals surface area contributed by atoms with Crippen LogP contribution in [-0.4, -0.2) is 6.04 Å². The average molecular weight is 214 g/mol. The highest BCUT2D eigenvalue weighted by Crippen LogP contribution is 2.29. The normalized spacial score (nSPS) is 24.1. The largest absolute Gasteiger partial charge is 0.381 e. The lowest BCUT2D eigenvalue weighted by Gasteiger charge is -2.19. The molecule has 0 heterocycles. The second-order valence-electron chi connectivity index (χ2n) is 4.82. The van der Waals surface area contributed by atoms with E-state index in [4.69, 9.17) is 5.26 Å². The molecule has 2 rings (SSSR count). The summed E-state index contributed by atoms with van der Waals surface area (Å²) in [6.07, 6.45) is 3.82. The molecule has 2 atom stereocenters.